The molecular weight excluding hydrogens is 388 g/mol. The molecule has 2 aromatic rings. The number of halogens is 5. The Morgan fingerprint density at radius 2 is 1.78 bits per heavy atom. The molecule has 2 aromatic carbocycles. The van der Waals surface area contributed by atoms with Gasteiger partial charge in [-0.15, -0.1) is 0 Å². The number of likely N-dealkylation sites (tertiary alicyclic amines) is 1. The highest BCUT2D eigenvalue weighted by atomic mass is 35.5. The van der Waals surface area contributed by atoms with E-state index in [4.69, 9.17) is 11.6 Å². The van der Waals surface area contributed by atoms with Crippen LogP contribution < -0.4 is 5.32 Å². The van der Waals surface area contributed by atoms with Crippen LogP contribution in [0.5, 0.6) is 0 Å². The molecule has 1 fully saturated rings. The highest BCUT2D eigenvalue weighted by Crippen LogP contribution is 2.36. The molecule has 142 valence electrons. The molecule has 0 aliphatic carbocycles. The SMILES string of the molecule is CN1CC(c2cc(F)c(Cl)c(F)c2)C(C(=O)Nc2cccc(F)c2F)C1=O. The number of benzene rings is 2. The van der Waals surface area contributed by atoms with Gasteiger partial charge in [-0.3, -0.25) is 9.59 Å². The summed E-state index contributed by atoms with van der Waals surface area (Å²) in [5.74, 6) is -8.25. The summed E-state index contributed by atoms with van der Waals surface area (Å²) in [6, 6.07) is 5.10. The first kappa shape index (κ1) is 19.2. The number of nitrogens with zero attached hydrogens (tertiary/aromatic N) is 1. The number of nitrogens with one attached hydrogen (secondary N) is 1. The normalized spacial score (nSPS) is 19.5. The van der Waals surface area contributed by atoms with Crippen LogP contribution >= 0.6 is 11.6 Å². The molecule has 3 rings (SSSR count). The molecule has 1 aliphatic rings. The average Bonchev–Trinajstić information content (AvgIpc) is 2.91. The van der Waals surface area contributed by atoms with Crippen LogP contribution in [0.1, 0.15) is 11.5 Å². The van der Waals surface area contributed by atoms with Crippen molar-refractivity contribution >= 4 is 29.1 Å². The van der Waals surface area contributed by atoms with E-state index in [1.54, 1.807) is 0 Å². The summed E-state index contributed by atoms with van der Waals surface area (Å²) in [6.07, 6.45) is 0. The first-order valence-corrected chi connectivity index (χ1v) is 8.22. The fourth-order valence-corrected chi connectivity index (χ4v) is 3.20. The Labute approximate surface area is 156 Å². The zero-order chi connectivity index (χ0) is 19.9. The highest BCUT2D eigenvalue weighted by molar-refractivity contribution is 6.30. The molecule has 0 radical (unpaired) electrons. The summed E-state index contributed by atoms with van der Waals surface area (Å²) < 4.78 is 54.7. The van der Waals surface area contributed by atoms with E-state index in [1.165, 1.54) is 18.0 Å². The lowest BCUT2D eigenvalue weighted by Gasteiger charge is -2.18. The van der Waals surface area contributed by atoms with Gasteiger partial charge in [0.2, 0.25) is 11.8 Å². The number of rotatable bonds is 3. The lowest BCUT2D eigenvalue weighted by Crippen LogP contribution is -2.33. The van der Waals surface area contributed by atoms with Crippen molar-refractivity contribution in [2.45, 2.75) is 5.92 Å². The van der Waals surface area contributed by atoms with Gasteiger partial charge in [-0.05, 0) is 29.8 Å². The molecule has 0 saturated carbocycles. The van der Waals surface area contributed by atoms with E-state index in [2.05, 4.69) is 5.32 Å². The van der Waals surface area contributed by atoms with Gasteiger partial charge in [0.05, 0.1) is 5.69 Å². The Kier molecular flexibility index (Phi) is 5.10. The third-order valence-electron chi connectivity index (χ3n) is 4.44. The lowest BCUT2D eigenvalue weighted by molar-refractivity contribution is -0.135. The summed E-state index contributed by atoms with van der Waals surface area (Å²) in [5.41, 5.74) is -0.374. The first-order chi connectivity index (χ1) is 12.7. The molecule has 1 heterocycles. The third kappa shape index (κ3) is 3.49. The Bertz CT molecular complexity index is 915. The van der Waals surface area contributed by atoms with Crippen LogP contribution in [-0.2, 0) is 9.59 Å². The molecule has 4 nitrogen and oxygen atoms in total. The molecule has 2 atom stereocenters. The Morgan fingerprint density at radius 1 is 1.15 bits per heavy atom. The maximum Gasteiger partial charge on any atom is 0.237 e. The van der Waals surface area contributed by atoms with E-state index in [0.29, 0.717) is 0 Å². The molecule has 0 aromatic heterocycles. The van der Waals surface area contributed by atoms with Crippen LogP contribution in [-0.4, -0.2) is 30.3 Å². The van der Waals surface area contributed by atoms with E-state index >= 15 is 0 Å². The number of anilines is 1. The Balaban J connectivity index is 1.95. The fraction of sp³-hybridized carbons (Fsp3) is 0.222. The van der Waals surface area contributed by atoms with Crippen LogP contribution in [0.3, 0.4) is 0 Å². The van der Waals surface area contributed by atoms with Gasteiger partial charge in [0, 0.05) is 19.5 Å². The number of hydrogen-bond acceptors (Lipinski definition) is 2. The molecular formula is C18H13ClF4N2O2. The van der Waals surface area contributed by atoms with E-state index in [-0.39, 0.29) is 12.1 Å². The van der Waals surface area contributed by atoms with Crippen molar-refractivity contribution in [3.05, 3.63) is 64.2 Å². The van der Waals surface area contributed by atoms with Crippen molar-refractivity contribution in [2.24, 2.45) is 5.92 Å². The molecule has 27 heavy (non-hydrogen) atoms. The minimum Gasteiger partial charge on any atom is -0.344 e. The monoisotopic (exact) mass is 400 g/mol. The zero-order valence-electron chi connectivity index (χ0n) is 13.9. The van der Waals surface area contributed by atoms with E-state index < -0.39 is 57.6 Å². The molecule has 1 saturated heterocycles. The maximum atomic E-state index is 13.8. The van der Waals surface area contributed by atoms with Crippen LogP contribution in [0.15, 0.2) is 30.3 Å². The van der Waals surface area contributed by atoms with Gasteiger partial charge in [0.15, 0.2) is 11.6 Å². The minimum atomic E-state index is -1.36. The van der Waals surface area contributed by atoms with E-state index in [1.807, 2.05) is 0 Å². The summed E-state index contributed by atoms with van der Waals surface area (Å²) in [4.78, 5) is 26.2. The van der Waals surface area contributed by atoms with Crippen molar-refractivity contribution in [1.29, 1.82) is 0 Å². The van der Waals surface area contributed by atoms with Gasteiger partial charge >= 0.3 is 0 Å². The van der Waals surface area contributed by atoms with Crippen LogP contribution in [0.4, 0.5) is 23.2 Å². The molecule has 2 amide bonds. The Hall–Kier alpha value is -2.61. The van der Waals surface area contributed by atoms with Gasteiger partial charge in [-0.25, -0.2) is 17.6 Å². The quantitative estimate of drug-likeness (QED) is 0.485. The lowest BCUT2D eigenvalue weighted by atomic mass is 9.87. The topological polar surface area (TPSA) is 49.4 Å². The fourth-order valence-electron chi connectivity index (χ4n) is 3.09. The smallest absolute Gasteiger partial charge is 0.237 e. The number of amides is 2. The van der Waals surface area contributed by atoms with Crippen molar-refractivity contribution in [2.75, 3.05) is 18.9 Å². The van der Waals surface area contributed by atoms with Gasteiger partial charge in [-0.1, -0.05) is 17.7 Å². The molecule has 1 aliphatic heterocycles. The van der Waals surface area contributed by atoms with Gasteiger partial charge in [0.1, 0.15) is 22.6 Å². The second kappa shape index (κ2) is 7.19. The summed E-state index contributed by atoms with van der Waals surface area (Å²) in [6.45, 7) is 0.0169. The predicted molar refractivity (Wildman–Crippen MR) is 90.2 cm³/mol. The largest absolute Gasteiger partial charge is 0.344 e. The molecule has 0 bridgehead atoms. The maximum absolute atomic E-state index is 13.8. The van der Waals surface area contributed by atoms with Crippen molar-refractivity contribution in [3.63, 3.8) is 0 Å². The van der Waals surface area contributed by atoms with Crippen molar-refractivity contribution < 1.29 is 27.2 Å². The van der Waals surface area contributed by atoms with Crippen molar-refractivity contribution in [3.8, 4) is 0 Å². The first-order valence-electron chi connectivity index (χ1n) is 7.85. The number of carbonyl (C=O) groups is 2. The molecule has 2 unspecified atom stereocenters. The van der Waals surface area contributed by atoms with Crippen LogP contribution in [0.25, 0.3) is 0 Å². The number of hydrogen-bond donors (Lipinski definition) is 1. The summed E-state index contributed by atoms with van der Waals surface area (Å²) in [7, 11) is 1.42. The number of likely N-dealkylation sites (N-methyl/N-ethyl adjacent to an activating group) is 1. The standard InChI is InChI=1S/C18H13ClF4N2O2/c1-25-7-9(8-5-11(21)15(19)12(22)6-8)14(18(25)27)17(26)24-13-4-2-3-10(20)16(13)23/h2-6,9,14H,7H2,1H3,(H,24,26). The summed E-state index contributed by atoms with van der Waals surface area (Å²) in [5, 5.41) is 1.47. The van der Waals surface area contributed by atoms with Gasteiger partial charge in [-0.2, -0.15) is 0 Å². The van der Waals surface area contributed by atoms with Crippen LogP contribution in [0, 0.1) is 29.2 Å². The average molecular weight is 401 g/mol. The molecule has 0 spiro atoms. The summed E-state index contributed by atoms with van der Waals surface area (Å²) >= 11 is 5.47. The highest BCUT2D eigenvalue weighted by Gasteiger charge is 2.44. The van der Waals surface area contributed by atoms with Gasteiger partial charge < -0.3 is 10.2 Å². The second-order valence-corrected chi connectivity index (χ2v) is 6.57. The van der Waals surface area contributed by atoms with Crippen LogP contribution in [0.2, 0.25) is 5.02 Å². The third-order valence-corrected chi connectivity index (χ3v) is 4.80. The minimum absolute atomic E-state index is 0.0169. The predicted octanol–water partition coefficient (Wildman–Crippen LogP) is 3.71. The molecule has 1 N–H and O–H groups in total. The zero-order valence-corrected chi connectivity index (χ0v) is 14.7. The molecule has 9 heteroatoms. The van der Waals surface area contributed by atoms with E-state index in [0.717, 1.165) is 24.3 Å². The van der Waals surface area contributed by atoms with E-state index in [9.17, 15) is 27.2 Å². The Morgan fingerprint density at radius 3 is 2.41 bits per heavy atom. The van der Waals surface area contributed by atoms with Crippen molar-refractivity contribution in [1.82, 2.24) is 4.90 Å². The number of carbonyl (C=O) groups excluding carboxylic acids is 2. The van der Waals surface area contributed by atoms with Gasteiger partial charge in [0.25, 0.3) is 0 Å². The second-order valence-electron chi connectivity index (χ2n) is 6.19.